The number of hydrogen-bond acceptors (Lipinski definition) is 3. The average Bonchev–Trinajstić information content (AvgIpc) is 2.52. The average molecular weight is 303 g/mol. The molecule has 1 saturated heterocycles. The first-order chi connectivity index (χ1) is 10.7. The molecule has 4 nitrogen and oxygen atoms in total. The summed E-state index contributed by atoms with van der Waals surface area (Å²) in [6.45, 7) is 0.293. The van der Waals surface area contributed by atoms with Gasteiger partial charge >= 0.3 is 0 Å². The van der Waals surface area contributed by atoms with Crippen LogP contribution in [0.15, 0.2) is 24.3 Å². The van der Waals surface area contributed by atoms with Crippen molar-refractivity contribution in [1.29, 1.82) is 0 Å². The van der Waals surface area contributed by atoms with Crippen molar-refractivity contribution in [2.75, 3.05) is 6.61 Å². The van der Waals surface area contributed by atoms with Crippen LogP contribution in [0.5, 0.6) is 0 Å². The highest BCUT2D eigenvalue weighted by molar-refractivity contribution is 6.00. The molecule has 1 heterocycles. The predicted octanol–water partition coefficient (Wildman–Crippen LogP) is 2.69. The molecule has 22 heavy (non-hydrogen) atoms. The largest absolute Gasteiger partial charge is 0.396 e. The van der Waals surface area contributed by atoms with E-state index in [1.807, 2.05) is 12.1 Å². The molecule has 2 N–H and O–H groups in total. The standard InChI is InChI=1S/C18H25NO3/c20-13-5-3-1-2-4-6-14-7-9-15(10-8-14)16-11-12-17(21)19-18(16)22/h7-10,16,20H,1-6,11-13H2,(H,19,21,22). The Morgan fingerprint density at radius 2 is 1.68 bits per heavy atom. The number of hydrogen-bond donors (Lipinski definition) is 2. The third kappa shape index (κ3) is 4.95. The third-order valence-electron chi connectivity index (χ3n) is 4.24. The van der Waals surface area contributed by atoms with Gasteiger partial charge in [-0.2, -0.15) is 0 Å². The Balaban J connectivity index is 1.78. The number of imide groups is 1. The van der Waals surface area contributed by atoms with Gasteiger partial charge in [-0.15, -0.1) is 0 Å². The van der Waals surface area contributed by atoms with Crippen molar-refractivity contribution < 1.29 is 14.7 Å². The van der Waals surface area contributed by atoms with E-state index < -0.39 is 0 Å². The van der Waals surface area contributed by atoms with Gasteiger partial charge in [-0.1, -0.05) is 43.5 Å². The zero-order valence-electron chi connectivity index (χ0n) is 13.0. The van der Waals surface area contributed by atoms with E-state index in [-0.39, 0.29) is 17.7 Å². The summed E-state index contributed by atoms with van der Waals surface area (Å²) in [4.78, 5) is 23.0. The maximum atomic E-state index is 11.8. The molecule has 1 aliphatic heterocycles. The van der Waals surface area contributed by atoms with Gasteiger partial charge in [-0.25, -0.2) is 0 Å². The summed E-state index contributed by atoms with van der Waals surface area (Å²) in [5.74, 6) is -0.530. The Hall–Kier alpha value is -1.68. The van der Waals surface area contributed by atoms with Crippen molar-refractivity contribution >= 4 is 11.8 Å². The fourth-order valence-electron chi connectivity index (χ4n) is 2.90. The van der Waals surface area contributed by atoms with Gasteiger partial charge in [0, 0.05) is 13.0 Å². The molecule has 1 atom stereocenters. The van der Waals surface area contributed by atoms with E-state index in [1.54, 1.807) is 0 Å². The minimum Gasteiger partial charge on any atom is -0.396 e. The Morgan fingerprint density at radius 3 is 2.36 bits per heavy atom. The van der Waals surface area contributed by atoms with E-state index in [9.17, 15) is 9.59 Å². The van der Waals surface area contributed by atoms with Gasteiger partial charge in [0.15, 0.2) is 0 Å². The van der Waals surface area contributed by atoms with Crippen molar-refractivity contribution in [3.63, 3.8) is 0 Å². The second-order valence-corrected chi connectivity index (χ2v) is 5.99. The zero-order valence-corrected chi connectivity index (χ0v) is 13.0. The smallest absolute Gasteiger partial charge is 0.234 e. The van der Waals surface area contributed by atoms with Gasteiger partial charge in [-0.3, -0.25) is 14.9 Å². The molecule has 0 radical (unpaired) electrons. The first-order valence-electron chi connectivity index (χ1n) is 8.24. The molecule has 4 heteroatoms. The van der Waals surface area contributed by atoms with Crippen LogP contribution >= 0.6 is 0 Å². The second-order valence-electron chi connectivity index (χ2n) is 5.99. The highest BCUT2D eigenvalue weighted by Gasteiger charge is 2.27. The van der Waals surface area contributed by atoms with Crippen molar-refractivity contribution in [1.82, 2.24) is 5.32 Å². The van der Waals surface area contributed by atoms with Gasteiger partial charge in [0.2, 0.25) is 11.8 Å². The lowest BCUT2D eigenvalue weighted by Crippen LogP contribution is -2.39. The number of amides is 2. The summed E-state index contributed by atoms with van der Waals surface area (Å²) in [5, 5.41) is 11.1. The van der Waals surface area contributed by atoms with Crippen LogP contribution in [-0.4, -0.2) is 23.5 Å². The molecule has 1 fully saturated rings. The van der Waals surface area contributed by atoms with E-state index in [4.69, 9.17) is 5.11 Å². The van der Waals surface area contributed by atoms with E-state index in [0.717, 1.165) is 31.2 Å². The van der Waals surface area contributed by atoms with E-state index in [1.165, 1.54) is 18.4 Å². The second kappa shape index (κ2) is 8.69. The number of unbranched alkanes of at least 4 members (excludes halogenated alkanes) is 4. The van der Waals surface area contributed by atoms with Crippen LogP contribution in [-0.2, 0) is 16.0 Å². The molecule has 1 aromatic carbocycles. The Morgan fingerprint density at radius 1 is 1.00 bits per heavy atom. The summed E-state index contributed by atoms with van der Waals surface area (Å²) >= 11 is 0. The number of aliphatic hydroxyl groups excluding tert-OH is 1. The van der Waals surface area contributed by atoms with E-state index in [2.05, 4.69) is 17.4 Å². The molecule has 1 aliphatic rings. The van der Waals surface area contributed by atoms with Crippen LogP contribution in [0.1, 0.15) is 62.0 Å². The molecule has 0 saturated carbocycles. The van der Waals surface area contributed by atoms with Crippen molar-refractivity contribution in [3.05, 3.63) is 35.4 Å². The van der Waals surface area contributed by atoms with Gasteiger partial charge in [0.25, 0.3) is 0 Å². The lowest BCUT2D eigenvalue weighted by Gasteiger charge is -2.21. The Kier molecular flexibility index (Phi) is 6.59. The molecule has 0 bridgehead atoms. The van der Waals surface area contributed by atoms with Crippen molar-refractivity contribution in [2.45, 2.75) is 57.3 Å². The molecule has 2 amide bonds. The fourth-order valence-corrected chi connectivity index (χ4v) is 2.90. The highest BCUT2D eigenvalue weighted by atomic mass is 16.3. The number of carbonyl (C=O) groups is 2. The third-order valence-corrected chi connectivity index (χ3v) is 4.24. The van der Waals surface area contributed by atoms with E-state index >= 15 is 0 Å². The van der Waals surface area contributed by atoms with E-state index in [0.29, 0.717) is 19.4 Å². The molecule has 120 valence electrons. The van der Waals surface area contributed by atoms with Crippen LogP contribution in [0.25, 0.3) is 0 Å². The summed E-state index contributed by atoms with van der Waals surface area (Å²) in [6, 6.07) is 8.21. The number of carbonyl (C=O) groups excluding carboxylic acids is 2. The van der Waals surface area contributed by atoms with Crippen molar-refractivity contribution in [3.8, 4) is 0 Å². The Labute approximate surface area is 131 Å². The lowest BCUT2D eigenvalue weighted by atomic mass is 9.89. The predicted molar refractivity (Wildman–Crippen MR) is 85.4 cm³/mol. The van der Waals surface area contributed by atoms with Crippen LogP contribution < -0.4 is 5.32 Å². The molecule has 1 aromatic rings. The molecule has 0 spiro atoms. The van der Waals surface area contributed by atoms with Gasteiger partial charge in [0.1, 0.15) is 0 Å². The first kappa shape index (κ1) is 16.7. The quantitative estimate of drug-likeness (QED) is 0.573. The molecule has 0 aromatic heterocycles. The van der Waals surface area contributed by atoms with Gasteiger partial charge in [-0.05, 0) is 36.8 Å². The number of nitrogens with one attached hydrogen (secondary N) is 1. The normalized spacial score (nSPS) is 18.3. The topological polar surface area (TPSA) is 66.4 Å². The summed E-state index contributed by atoms with van der Waals surface area (Å²) in [5.41, 5.74) is 2.29. The van der Waals surface area contributed by atoms with Crippen LogP contribution in [0.3, 0.4) is 0 Å². The van der Waals surface area contributed by atoms with Crippen molar-refractivity contribution in [2.24, 2.45) is 0 Å². The maximum absolute atomic E-state index is 11.8. The molecule has 1 unspecified atom stereocenters. The summed E-state index contributed by atoms with van der Waals surface area (Å²) < 4.78 is 0. The molecular weight excluding hydrogens is 278 g/mol. The van der Waals surface area contributed by atoms with Crippen LogP contribution in [0.2, 0.25) is 0 Å². The molecule has 2 rings (SSSR count). The summed E-state index contributed by atoms with van der Waals surface area (Å²) in [7, 11) is 0. The van der Waals surface area contributed by atoms with Gasteiger partial charge < -0.3 is 5.11 Å². The fraction of sp³-hybridized carbons (Fsp3) is 0.556. The number of benzene rings is 1. The van der Waals surface area contributed by atoms with Crippen LogP contribution in [0, 0.1) is 0 Å². The molecular formula is C18H25NO3. The molecule has 0 aliphatic carbocycles. The maximum Gasteiger partial charge on any atom is 0.234 e. The zero-order chi connectivity index (χ0) is 15.8. The monoisotopic (exact) mass is 303 g/mol. The summed E-state index contributed by atoms with van der Waals surface area (Å²) in [6.07, 6.45) is 7.61. The minimum atomic E-state index is -0.190. The first-order valence-corrected chi connectivity index (χ1v) is 8.24. The lowest BCUT2D eigenvalue weighted by molar-refractivity contribution is -0.134. The highest BCUT2D eigenvalue weighted by Crippen LogP contribution is 2.25. The Bertz CT molecular complexity index is 496. The number of rotatable bonds is 8. The van der Waals surface area contributed by atoms with Gasteiger partial charge in [0.05, 0.1) is 5.92 Å². The number of piperidine rings is 1. The number of aliphatic hydroxyl groups is 1. The number of aryl methyl sites for hydroxylation is 1. The van der Waals surface area contributed by atoms with Crippen LogP contribution in [0.4, 0.5) is 0 Å². The SMILES string of the molecule is O=C1CCC(c2ccc(CCCCCCCO)cc2)C(=O)N1. The minimum absolute atomic E-state index is 0.168.